The Balaban J connectivity index is 1.47. The molecule has 1 atom stereocenters. The van der Waals surface area contributed by atoms with Crippen LogP contribution in [0.4, 0.5) is 0 Å². The number of H-pyrrole nitrogens is 1. The molecule has 4 heterocycles. The number of pyridine rings is 1. The first-order valence-electron chi connectivity index (χ1n) is 10.7. The van der Waals surface area contributed by atoms with Crippen LogP contribution < -0.4 is 5.32 Å². The van der Waals surface area contributed by atoms with E-state index in [9.17, 15) is 10.2 Å². The van der Waals surface area contributed by atoms with Crippen molar-refractivity contribution < 1.29 is 14.9 Å². The fourth-order valence-corrected chi connectivity index (χ4v) is 4.00. The summed E-state index contributed by atoms with van der Waals surface area (Å²) in [5, 5.41) is 31.6. The number of nitrogens with one attached hydrogen (secondary N) is 2. The molecule has 2 aromatic rings. The number of hydrogen-bond acceptors (Lipinski definition) is 7. The van der Waals surface area contributed by atoms with Gasteiger partial charge in [0.15, 0.2) is 0 Å². The number of allylic oxidation sites excluding steroid dienone is 2. The van der Waals surface area contributed by atoms with Gasteiger partial charge < -0.3 is 20.3 Å². The molecule has 2 aromatic heterocycles. The molecule has 8 heteroatoms. The molecule has 166 valence electrons. The minimum atomic E-state index is -0.966. The lowest BCUT2D eigenvalue weighted by Gasteiger charge is -2.48. The van der Waals surface area contributed by atoms with Gasteiger partial charge in [-0.1, -0.05) is 12.1 Å². The van der Waals surface area contributed by atoms with E-state index in [0.29, 0.717) is 32.4 Å². The molecule has 8 nitrogen and oxygen atoms in total. The van der Waals surface area contributed by atoms with Crippen LogP contribution in [0.5, 0.6) is 0 Å². The molecular weight excluding hydrogens is 394 g/mol. The van der Waals surface area contributed by atoms with E-state index in [1.165, 1.54) is 0 Å². The summed E-state index contributed by atoms with van der Waals surface area (Å²) in [6.45, 7) is 4.89. The molecule has 0 spiro atoms. The number of nitrogens with zero attached hydrogens (tertiary/aromatic N) is 3. The zero-order chi connectivity index (χ0) is 22.0. The molecule has 0 radical (unpaired) electrons. The molecule has 4 rings (SSSR count). The maximum atomic E-state index is 11.1. The van der Waals surface area contributed by atoms with Crippen LogP contribution in [0.2, 0.25) is 0 Å². The lowest BCUT2D eigenvalue weighted by atomic mass is 9.86. The van der Waals surface area contributed by atoms with Crippen molar-refractivity contribution in [1.29, 1.82) is 0 Å². The van der Waals surface area contributed by atoms with Crippen molar-refractivity contribution in [2.24, 2.45) is 0 Å². The van der Waals surface area contributed by atoms with Crippen molar-refractivity contribution in [2.45, 2.75) is 50.2 Å². The number of aliphatic hydroxyl groups is 2. The third-order valence-corrected chi connectivity index (χ3v) is 5.80. The topological polar surface area (TPSA) is 107 Å². The Morgan fingerprint density at radius 2 is 2.06 bits per heavy atom. The summed E-state index contributed by atoms with van der Waals surface area (Å²) in [5.41, 5.74) is 1.10. The second-order valence-electron chi connectivity index (χ2n) is 9.07. The Bertz CT molecular complexity index is 912. The molecule has 1 saturated heterocycles. The third kappa shape index (κ3) is 5.22. The van der Waals surface area contributed by atoms with Crippen LogP contribution in [0.1, 0.15) is 37.9 Å². The summed E-state index contributed by atoms with van der Waals surface area (Å²) in [6, 6.07) is 5.78. The van der Waals surface area contributed by atoms with E-state index in [1.54, 1.807) is 26.2 Å². The van der Waals surface area contributed by atoms with Crippen molar-refractivity contribution in [3.63, 3.8) is 0 Å². The Morgan fingerprint density at radius 1 is 1.26 bits per heavy atom. The highest BCUT2D eigenvalue weighted by Gasteiger charge is 2.43. The fourth-order valence-electron chi connectivity index (χ4n) is 4.00. The van der Waals surface area contributed by atoms with Gasteiger partial charge in [-0.05, 0) is 44.9 Å². The summed E-state index contributed by atoms with van der Waals surface area (Å²) in [6.07, 6.45) is 13.0. The molecule has 0 amide bonds. The maximum Gasteiger partial charge on any atom is 0.218 e. The zero-order valence-electron chi connectivity index (χ0n) is 18.1. The SMILES string of the molecule is CC(C)(O)COC1(N2CCC(O)(Cc3ccccn3)CC2)C=CC(c2cn[nH]c2)=CN1. The quantitative estimate of drug-likeness (QED) is 0.536. The van der Waals surface area contributed by atoms with E-state index in [4.69, 9.17) is 4.74 Å². The minimum Gasteiger partial charge on any atom is -0.389 e. The first kappa shape index (κ1) is 21.7. The Labute approximate surface area is 182 Å². The van der Waals surface area contributed by atoms with E-state index >= 15 is 0 Å². The summed E-state index contributed by atoms with van der Waals surface area (Å²) in [7, 11) is 0. The summed E-state index contributed by atoms with van der Waals surface area (Å²) in [5.74, 6) is -0.889. The lowest BCUT2D eigenvalue weighted by Crippen LogP contribution is -2.63. The van der Waals surface area contributed by atoms with Crippen molar-refractivity contribution in [2.75, 3.05) is 19.7 Å². The molecule has 0 aromatic carbocycles. The molecular formula is C23H31N5O3. The highest BCUT2D eigenvalue weighted by Crippen LogP contribution is 2.33. The number of piperidine rings is 1. The number of aromatic nitrogens is 3. The normalized spacial score (nSPS) is 23.9. The van der Waals surface area contributed by atoms with E-state index in [-0.39, 0.29) is 6.61 Å². The zero-order valence-corrected chi connectivity index (χ0v) is 18.1. The maximum absolute atomic E-state index is 11.1. The average molecular weight is 426 g/mol. The molecule has 1 fully saturated rings. The Morgan fingerprint density at radius 3 is 2.65 bits per heavy atom. The number of likely N-dealkylation sites (tertiary alicyclic amines) is 1. The fraction of sp³-hybridized carbons (Fsp3) is 0.478. The second-order valence-corrected chi connectivity index (χ2v) is 9.07. The molecule has 1 unspecified atom stereocenters. The van der Waals surface area contributed by atoms with Gasteiger partial charge in [-0.3, -0.25) is 15.0 Å². The highest BCUT2D eigenvalue weighted by molar-refractivity contribution is 5.74. The van der Waals surface area contributed by atoms with Crippen LogP contribution in [-0.2, 0) is 11.2 Å². The van der Waals surface area contributed by atoms with Gasteiger partial charge in [0.25, 0.3) is 0 Å². The second kappa shape index (κ2) is 8.55. The van der Waals surface area contributed by atoms with Crippen molar-refractivity contribution in [3.05, 3.63) is 66.4 Å². The first-order valence-corrected chi connectivity index (χ1v) is 10.7. The summed E-state index contributed by atoms with van der Waals surface area (Å²) < 4.78 is 6.24. The van der Waals surface area contributed by atoms with Gasteiger partial charge in [0.2, 0.25) is 5.85 Å². The predicted octanol–water partition coefficient (Wildman–Crippen LogP) is 1.82. The van der Waals surface area contributed by atoms with Crippen LogP contribution in [0, 0.1) is 0 Å². The molecule has 0 bridgehead atoms. The summed E-state index contributed by atoms with van der Waals surface area (Å²) >= 11 is 0. The van der Waals surface area contributed by atoms with Crippen LogP contribution in [0.3, 0.4) is 0 Å². The van der Waals surface area contributed by atoms with Gasteiger partial charge in [0, 0.05) is 54.9 Å². The smallest absolute Gasteiger partial charge is 0.218 e. The number of rotatable bonds is 7. The van der Waals surface area contributed by atoms with Crippen LogP contribution >= 0.6 is 0 Å². The van der Waals surface area contributed by atoms with Gasteiger partial charge in [0.05, 0.1) is 24.0 Å². The molecule has 0 saturated carbocycles. The van der Waals surface area contributed by atoms with Crippen molar-refractivity contribution in [3.8, 4) is 0 Å². The largest absolute Gasteiger partial charge is 0.389 e. The lowest BCUT2D eigenvalue weighted by molar-refractivity contribution is -0.185. The van der Waals surface area contributed by atoms with E-state index in [0.717, 1.165) is 16.8 Å². The van der Waals surface area contributed by atoms with Gasteiger partial charge in [0.1, 0.15) is 0 Å². The molecule has 31 heavy (non-hydrogen) atoms. The minimum absolute atomic E-state index is 0.161. The Kier molecular flexibility index (Phi) is 5.98. The standard InChI is InChI=1S/C23H31N5O3/c1-21(2,29)17-31-23(7-6-18(14-25-23)19-15-26-27-16-19)28-11-8-22(30,9-12-28)13-20-5-3-4-10-24-20/h3-7,10,14-16,25,29-30H,8-9,11-13,17H2,1-2H3,(H,26,27). The van der Waals surface area contributed by atoms with Gasteiger partial charge in [-0.2, -0.15) is 5.10 Å². The van der Waals surface area contributed by atoms with Crippen molar-refractivity contribution in [1.82, 2.24) is 25.4 Å². The first-order chi connectivity index (χ1) is 14.8. The third-order valence-electron chi connectivity index (χ3n) is 5.80. The Hall–Kier alpha value is -2.52. The average Bonchev–Trinajstić information content (AvgIpc) is 3.28. The summed E-state index contributed by atoms with van der Waals surface area (Å²) in [4.78, 5) is 6.54. The molecule has 2 aliphatic heterocycles. The van der Waals surface area contributed by atoms with Gasteiger partial charge in [-0.25, -0.2) is 0 Å². The monoisotopic (exact) mass is 425 g/mol. The van der Waals surface area contributed by atoms with Crippen LogP contribution in [0.25, 0.3) is 5.57 Å². The number of ether oxygens (including phenoxy) is 1. The van der Waals surface area contributed by atoms with Crippen LogP contribution in [0.15, 0.2) is 55.1 Å². The molecule has 4 N–H and O–H groups in total. The number of aromatic amines is 1. The van der Waals surface area contributed by atoms with E-state index < -0.39 is 17.1 Å². The molecule has 2 aliphatic rings. The van der Waals surface area contributed by atoms with E-state index in [1.807, 2.05) is 42.7 Å². The number of dihydropyridines is 1. The van der Waals surface area contributed by atoms with E-state index in [2.05, 4.69) is 25.4 Å². The number of hydrogen-bond donors (Lipinski definition) is 4. The highest BCUT2D eigenvalue weighted by atomic mass is 16.5. The predicted molar refractivity (Wildman–Crippen MR) is 118 cm³/mol. The van der Waals surface area contributed by atoms with Crippen LogP contribution in [-0.4, -0.2) is 67.0 Å². The van der Waals surface area contributed by atoms with Gasteiger partial charge >= 0.3 is 0 Å². The van der Waals surface area contributed by atoms with Crippen molar-refractivity contribution >= 4 is 5.57 Å². The molecule has 0 aliphatic carbocycles. The van der Waals surface area contributed by atoms with Gasteiger partial charge in [-0.15, -0.1) is 0 Å².